The summed E-state index contributed by atoms with van der Waals surface area (Å²) in [4.78, 5) is 35.3. The second kappa shape index (κ2) is 14.5. The highest BCUT2D eigenvalue weighted by molar-refractivity contribution is 14.1. The van der Waals surface area contributed by atoms with Gasteiger partial charge >= 0.3 is 17.9 Å². The summed E-state index contributed by atoms with van der Waals surface area (Å²) in [5.41, 5.74) is 4.75. The van der Waals surface area contributed by atoms with Crippen LogP contribution in [0.3, 0.4) is 0 Å². The number of esters is 3. The summed E-state index contributed by atoms with van der Waals surface area (Å²) in [7, 11) is -1.55. The Labute approximate surface area is 229 Å². The Balaban J connectivity index is 2.33. The SMILES string of the molecule is CC(=O)OC[C@H]1O[C@H](O[C@H](C=C2CCCCC2)CC#C[Si](C)(C)C)[C@@H](I)[C@@H](OC(C)=O)[C@@H]1OC(C)=O. The maximum absolute atomic E-state index is 11.9. The molecule has 1 heterocycles. The minimum atomic E-state index is -1.55. The molecule has 1 aliphatic carbocycles. The first kappa shape index (κ1) is 30.8. The van der Waals surface area contributed by atoms with Gasteiger partial charge in [-0.3, -0.25) is 14.4 Å². The van der Waals surface area contributed by atoms with Crippen LogP contribution in [0.4, 0.5) is 0 Å². The molecule has 0 aromatic carbocycles. The highest BCUT2D eigenvalue weighted by Crippen LogP contribution is 2.34. The lowest BCUT2D eigenvalue weighted by molar-refractivity contribution is -0.266. The molecule has 0 aromatic heterocycles. The monoisotopic (exact) mass is 634 g/mol. The predicted molar refractivity (Wildman–Crippen MR) is 146 cm³/mol. The van der Waals surface area contributed by atoms with E-state index in [1.165, 1.54) is 32.8 Å². The van der Waals surface area contributed by atoms with Crippen LogP contribution in [0.5, 0.6) is 0 Å². The molecule has 0 amide bonds. The van der Waals surface area contributed by atoms with E-state index in [1.807, 2.05) is 0 Å². The summed E-state index contributed by atoms with van der Waals surface area (Å²) in [6.07, 6.45) is 4.53. The third-order valence-electron chi connectivity index (χ3n) is 5.62. The van der Waals surface area contributed by atoms with Crippen LogP contribution >= 0.6 is 22.6 Å². The molecule has 1 saturated heterocycles. The molecule has 2 rings (SSSR count). The van der Waals surface area contributed by atoms with E-state index in [1.54, 1.807) is 0 Å². The summed E-state index contributed by atoms with van der Waals surface area (Å²) in [5, 5.41) is 0. The number of halogens is 1. The number of rotatable bonds is 8. The van der Waals surface area contributed by atoms with Gasteiger partial charge in [-0.05, 0) is 25.7 Å². The number of carbonyl (C=O) groups is 3. The molecule has 6 atom stereocenters. The van der Waals surface area contributed by atoms with E-state index in [4.69, 9.17) is 23.7 Å². The van der Waals surface area contributed by atoms with Crippen molar-refractivity contribution in [2.24, 2.45) is 0 Å². The number of allylic oxidation sites excluding steroid dienone is 1. The average Bonchev–Trinajstić information content (AvgIpc) is 2.76. The van der Waals surface area contributed by atoms with Crippen molar-refractivity contribution in [2.75, 3.05) is 6.61 Å². The highest BCUT2D eigenvalue weighted by atomic mass is 127. The first-order valence-corrected chi connectivity index (χ1v) is 17.2. The minimum Gasteiger partial charge on any atom is -0.463 e. The smallest absolute Gasteiger partial charge is 0.303 e. The van der Waals surface area contributed by atoms with Crippen molar-refractivity contribution in [1.29, 1.82) is 0 Å². The number of hydrogen-bond acceptors (Lipinski definition) is 8. The molecular weight excluding hydrogens is 595 g/mol. The molecule has 36 heavy (non-hydrogen) atoms. The van der Waals surface area contributed by atoms with Crippen molar-refractivity contribution in [1.82, 2.24) is 0 Å². The normalized spacial score (nSPS) is 27.2. The van der Waals surface area contributed by atoms with Crippen LogP contribution in [-0.4, -0.2) is 67.2 Å². The maximum atomic E-state index is 11.9. The lowest BCUT2D eigenvalue weighted by atomic mass is 9.93. The van der Waals surface area contributed by atoms with Crippen molar-refractivity contribution < 1.29 is 38.1 Å². The zero-order valence-electron chi connectivity index (χ0n) is 22.1. The lowest BCUT2D eigenvalue weighted by Crippen LogP contribution is -2.60. The molecule has 0 N–H and O–H groups in total. The van der Waals surface area contributed by atoms with Gasteiger partial charge < -0.3 is 23.7 Å². The van der Waals surface area contributed by atoms with Crippen LogP contribution in [-0.2, 0) is 38.1 Å². The molecular formula is C26H39IO8Si. The van der Waals surface area contributed by atoms with Crippen molar-refractivity contribution in [3.8, 4) is 11.5 Å². The van der Waals surface area contributed by atoms with Gasteiger partial charge in [-0.2, -0.15) is 0 Å². The fraction of sp³-hybridized carbons (Fsp3) is 0.731. The molecule has 0 unspecified atom stereocenters. The highest BCUT2D eigenvalue weighted by Gasteiger charge is 2.50. The molecule has 10 heteroatoms. The minimum absolute atomic E-state index is 0.171. The standard InChI is InChI=1S/C26H39IO8Si/c1-17(28)31-16-22-24(32-18(2)29)25(33-19(3)30)23(27)26(35-22)34-21(13-10-14-36(4,5)6)15-20-11-8-7-9-12-20/h15,21-26H,7-9,11-13,16H2,1-6H3/t21-,22+,23-,24+,25+,26-/m0/s1. The number of carbonyl (C=O) groups excluding carboxylic acids is 3. The third kappa shape index (κ3) is 10.9. The number of alkyl halides is 1. The molecule has 0 aromatic rings. The fourth-order valence-corrected chi connectivity index (χ4v) is 5.67. The van der Waals surface area contributed by atoms with Gasteiger partial charge in [0, 0.05) is 27.2 Å². The molecule has 2 aliphatic rings. The Hall–Kier alpha value is -1.42. The van der Waals surface area contributed by atoms with Crippen molar-refractivity contribution in [3.63, 3.8) is 0 Å². The predicted octanol–water partition coefficient (Wildman–Crippen LogP) is 4.49. The third-order valence-corrected chi connectivity index (χ3v) is 7.84. The van der Waals surface area contributed by atoms with Crippen LogP contribution < -0.4 is 0 Å². The second-order valence-corrected chi connectivity index (χ2v) is 16.4. The van der Waals surface area contributed by atoms with Crippen LogP contribution in [0, 0.1) is 11.5 Å². The van der Waals surface area contributed by atoms with E-state index in [0.29, 0.717) is 6.42 Å². The van der Waals surface area contributed by atoms with Gasteiger partial charge in [-0.1, -0.05) is 60.3 Å². The molecule has 1 saturated carbocycles. The zero-order chi connectivity index (χ0) is 26.9. The van der Waals surface area contributed by atoms with E-state index in [-0.39, 0.29) is 12.7 Å². The molecule has 0 spiro atoms. The van der Waals surface area contributed by atoms with E-state index in [2.05, 4.69) is 59.8 Å². The number of ether oxygens (including phenoxy) is 5. The molecule has 0 bridgehead atoms. The van der Waals surface area contributed by atoms with Gasteiger partial charge in [0.1, 0.15) is 24.7 Å². The maximum Gasteiger partial charge on any atom is 0.303 e. The largest absolute Gasteiger partial charge is 0.463 e. The Morgan fingerprint density at radius 3 is 2.19 bits per heavy atom. The van der Waals surface area contributed by atoms with Gasteiger partial charge in [0.25, 0.3) is 0 Å². The quantitative estimate of drug-likeness (QED) is 0.0734. The second-order valence-electron chi connectivity index (χ2n) is 10.3. The van der Waals surface area contributed by atoms with Gasteiger partial charge in [0.05, 0.1) is 6.10 Å². The first-order valence-electron chi connectivity index (χ1n) is 12.5. The Kier molecular flexibility index (Phi) is 12.4. The summed E-state index contributed by atoms with van der Waals surface area (Å²) in [6.45, 7) is 10.3. The van der Waals surface area contributed by atoms with Gasteiger partial charge in [0.2, 0.25) is 0 Å². The van der Waals surface area contributed by atoms with Crippen LogP contribution in [0.15, 0.2) is 11.6 Å². The van der Waals surface area contributed by atoms with E-state index >= 15 is 0 Å². The molecule has 2 fully saturated rings. The van der Waals surface area contributed by atoms with E-state index < -0.39 is 54.5 Å². The van der Waals surface area contributed by atoms with Gasteiger partial charge in [0.15, 0.2) is 18.5 Å². The summed E-state index contributed by atoms with van der Waals surface area (Å²) >= 11 is 2.11. The zero-order valence-corrected chi connectivity index (χ0v) is 25.3. The molecule has 1 aliphatic heterocycles. The van der Waals surface area contributed by atoms with Crippen LogP contribution in [0.1, 0.15) is 59.3 Å². The topological polar surface area (TPSA) is 97.4 Å². The number of hydrogen-bond donors (Lipinski definition) is 0. The summed E-state index contributed by atoms with van der Waals surface area (Å²) in [5.74, 6) is 1.73. The molecule has 8 nitrogen and oxygen atoms in total. The van der Waals surface area contributed by atoms with Crippen molar-refractivity contribution in [2.45, 2.75) is 114 Å². The van der Waals surface area contributed by atoms with Crippen LogP contribution in [0.2, 0.25) is 19.6 Å². The fourth-order valence-electron chi connectivity index (χ4n) is 4.14. The van der Waals surface area contributed by atoms with Crippen LogP contribution in [0.25, 0.3) is 0 Å². The summed E-state index contributed by atoms with van der Waals surface area (Å²) < 4.78 is 28.4. The first-order chi connectivity index (χ1) is 16.9. The summed E-state index contributed by atoms with van der Waals surface area (Å²) in [6, 6.07) is 0. The Bertz CT molecular complexity index is 863. The van der Waals surface area contributed by atoms with Crippen molar-refractivity contribution in [3.05, 3.63) is 11.6 Å². The van der Waals surface area contributed by atoms with E-state index in [9.17, 15) is 14.4 Å². The molecule has 0 radical (unpaired) electrons. The Morgan fingerprint density at radius 1 is 1.03 bits per heavy atom. The average molecular weight is 635 g/mol. The lowest BCUT2D eigenvalue weighted by Gasteiger charge is -2.43. The van der Waals surface area contributed by atoms with Gasteiger partial charge in [-0.25, -0.2) is 0 Å². The van der Waals surface area contributed by atoms with Crippen molar-refractivity contribution >= 4 is 48.6 Å². The molecule has 202 valence electrons. The van der Waals surface area contributed by atoms with Gasteiger partial charge in [-0.15, -0.1) is 11.5 Å². The van der Waals surface area contributed by atoms with E-state index in [0.717, 1.165) is 25.7 Å². The Morgan fingerprint density at radius 2 is 1.64 bits per heavy atom.